The Labute approximate surface area is 124 Å². The van der Waals surface area contributed by atoms with Crippen LogP contribution >= 0.6 is 11.6 Å². The molecule has 0 saturated heterocycles. The molecular weight excluding hydrogens is 274 g/mol. The molecule has 2 aromatic rings. The topological polar surface area (TPSA) is 41.3 Å². The Morgan fingerprint density at radius 2 is 2.15 bits per heavy atom. The predicted molar refractivity (Wildman–Crippen MR) is 80.5 cm³/mol. The van der Waals surface area contributed by atoms with Gasteiger partial charge in [-0.05, 0) is 31.3 Å². The lowest BCUT2D eigenvalue weighted by Crippen LogP contribution is -2.16. The van der Waals surface area contributed by atoms with Crippen LogP contribution in [0.1, 0.15) is 23.9 Å². The zero-order valence-corrected chi connectivity index (χ0v) is 12.7. The highest BCUT2D eigenvalue weighted by molar-refractivity contribution is 6.30. The van der Waals surface area contributed by atoms with Crippen molar-refractivity contribution in [3.05, 3.63) is 52.4 Å². The first-order chi connectivity index (χ1) is 9.67. The number of hydrogen-bond acceptors (Lipinski definition) is 4. The molecule has 5 heteroatoms. The van der Waals surface area contributed by atoms with Crippen molar-refractivity contribution < 1.29 is 4.52 Å². The van der Waals surface area contributed by atoms with Gasteiger partial charge in [0.1, 0.15) is 0 Å². The van der Waals surface area contributed by atoms with Crippen molar-refractivity contribution in [1.29, 1.82) is 0 Å². The number of hydrogen-bond donors (Lipinski definition) is 1. The van der Waals surface area contributed by atoms with Crippen LogP contribution in [0, 0.1) is 0 Å². The number of nitrogens with one attached hydrogen (secondary N) is 1. The van der Waals surface area contributed by atoms with Gasteiger partial charge in [-0.3, -0.25) is 4.90 Å². The Bertz CT molecular complexity index is 541. The highest BCUT2D eigenvalue weighted by Crippen LogP contribution is 2.14. The molecule has 20 heavy (non-hydrogen) atoms. The summed E-state index contributed by atoms with van der Waals surface area (Å²) in [6, 6.07) is 9.90. The van der Waals surface area contributed by atoms with Crippen molar-refractivity contribution in [3.8, 4) is 0 Å². The largest absolute Gasteiger partial charge is 0.360 e. The zero-order chi connectivity index (χ0) is 14.4. The Kier molecular flexibility index (Phi) is 5.59. The maximum atomic E-state index is 5.99. The van der Waals surface area contributed by atoms with E-state index in [0.29, 0.717) is 0 Å². The second-order valence-electron chi connectivity index (χ2n) is 4.87. The summed E-state index contributed by atoms with van der Waals surface area (Å²) < 4.78 is 5.34. The molecule has 4 nitrogen and oxygen atoms in total. The van der Waals surface area contributed by atoms with Crippen LogP contribution in [0.15, 0.2) is 34.9 Å². The molecule has 0 atom stereocenters. The molecular formula is C15H20ClN3O. The van der Waals surface area contributed by atoms with Gasteiger partial charge in [0, 0.05) is 24.2 Å². The Balaban J connectivity index is 1.87. The second-order valence-corrected chi connectivity index (χ2v) is 5.30. The fourth-order valence-electron chi connectivity index (χ4n) is 2.04. The highest BCUT2D eigenvalue weighted by atomic mass is 35.5. The normalized spacial score (nSPS) is 11.2. The first kappa shape index (κ1) is 15.0. The lowest BCUT2D eigenvalue weighted by molar-refractivity contribution is 0.265. The van der Waals surface area contributed by atoms with E-state index in [-0.39, 0.29) is 0 Å². The minimum absolute atomic E-state index is 0.728. The summed E-state index contributed by atoms with van der Waals surface area (Å²) in [7, 11) is 2.05. The number of benzene rings is 1. The molecule has 1 heterocycles. The van der Waals surface area contributed by atoms with Crippen LogP contribution in [0.3, 0.4) is 0 Å². The molecule has 0 saturated carbocycles. The summed E-state index contributed by atoms with van der Waals surface area (Å²) in [4.78, 5) is 2.17. The van der Waals surface area contributed by atoms with Crippen molar-refractivity contribution in [3.63, 3.8) is 0 Å². The monoisotopic (exact) mass is 293 g/mol. The lowest BCUT2D eigenvalue weighted by Gasteiger charge is -2.14. The van der Waals surface area contributed by atoms with E-state index in [2.05, 4.69) is 28.4 Å². The molecule has 1 aromatic heterocycles. The molecule has 0 aliphatic rings. The van der Waals surface area contributed by atoms with E-state index in [1.807, 2.05) is 31.3 Å². The van der Waals surface area contributed by atoms with Gasteiger partial charge in [0.05, 0.1) is 12.2 Å². The summed E-state index contributed by atoms with van der Waals surface area (Å²) in [6.45, 7) is 5.30. The predicted octanol–water partition coefficient (Wildman–Crippen LogP) is 3.07. The average molecular weight is 294 g/mol. The van der Waals surface area contributed by atoms with Crippen LogP contribution < -0.4 is 5.32 Å². The highest BCUT2D eigenvalue weighted by Gasteiger charge is 2.08. The first-order valence-electron chi connectivity index (χ1n) is 6.75. The van der Waals surface area contributed by atoms with Gasteiger partial charge >= 0.3 is 0 Å². The van der Waals surface area contributed by atoms with E-state index in [1.54, 1.807) is 0 Å². The van der Waals surface area contributed by atoms with Crippen LogP contribution in [-0.2, 0) is 19.6 Å². The maximum absolute atomic E-state index is 5.99. The van der Waals surface area contributed by atoms with Gasteiger partial charge in [0.15, 0.2) is 5.76 Å². The quantitative estimate of drug-likeness (QED) is 0.852. The minimum Gasteiger partial charge on any atom is -0.360 e. The van der Waals surface area contributed by atoms with Gasteiger partial charge in [-0.25, -0.2) is 0 Å². The minimum atomic E-state index is 0.728. The third-order valence-corrected chi connectivity index (χ3v) is 3.17. The summed E-state index contributed by atoms with van der Waals surface area (Å²) in [5.41, 5.74) is 2.13. The molecule has 0 bridgehead atoms. The zero-order valence-electron chi connectivity index (χ0n) is 11.9. The molecule has 0 spiro atoms. The maximum Gasteiger partial charge on any atom is 0.151 e. The Morgan fingerprint density at radius 3 is 2.90 bits per heavy atom. The molecule has 0 aliphatic carbocycles. The van der Waals surface area contributed by atoms with Gasteiger partial charge in [-0.1, -0.05) is 35.8 Å². The van der Waals surface area contributed by atoms with Crippen molar-refractivity contribution in [1.82, 2.24) is 15.4 Å². The summed E-state index contributed by atoms with van der Waals surface area (Å²) >= 11 is 5.99. The third-order valence-electron chi connectivity index (χ3n) is 2.93. The van der Waals surface area contributed by atoms with Gasteiger partial charge in [-0.15, -0.1) is 0 Å². The molecule has 0 fully saturated rings. The second kappa shape index (κ2) is 7.43. The summed E-state index contributed by atoms with van der Waals surface area (Å²) in [5.74, 6) is 0.877. The number of aromatic nitrogens is 1. The van der Waals surface area contributed by atoms with Crippen LogP contribution in [0.25, 0.3) is 0 Å². The third kappa shape index (κ3) is 4.63. The van der Waals surface area contributed by atoms with Gasteiger partial charge in [0.2, 0.25) is 0 Å². The Morgan fingerprint density at radius 1 is 1.30 bits per heavy atom. The summed E-state index contributed by atoms with van der Waals surface area (Å²) in [5, 5.41) is 8.04. The molecule has 0 radical (unpaired) electrons. The van der Waals surface area contributed by atoms with Crippen LogP contribution in [-0.4, -0.2) is 23.6 Å². The van der Waals surface area contributed by atoms with Crippen LogP contribution in [0.5, 0.6) is 0 Å². The van der Waals surface area contributed by atoms with Crippen LogP contribution in [0.4, 0.5) is 0 Å². The smallest absolute Gasteiger partial charge is 0.151 e. The molecule has 0 unspecified atom stereocenters. The molecule has 0 amide bonds. The van der Waals surface area contributed by atoms with Crippen LogP contribution in [0.2, 0.25) is 5.02 Å². The van der Waals surface area contributed by atoms with Crippen molar-refractivity contribution in [2.45, 2.75) is 26.6 Å². The van der Waals surface area contributed by atoms with E-state index >= 15 is 0 Å². The number of halogens is 1. The van der Waals surface area contributed by atoms with Gasteiger partial charge in [-0.2, -0.15) is 0 Å². The first-order valence-corrected chi connectivity index (χ1v) is 7.13. The Hall–Kier alpha value is -1.36. The number of rotatable bonds is 7. The molecule has 0 aliphatic heterocycles. The van der Waals surface area contributed by atoms with Gasteiger partial charge in [0.25, 0.3) is 0 Å². The fourth-order valence-corrected chi connectivity index (χ4v) is 2.25. The lowest BCUT2D eigenvalue weighted by atomic mass is 10.2. The summed E-state index contributed by atoms with van der Waals surface area (Å²) in [6.07, 6.45) is 0. The average Bonchev–Trinajstić information content (AvgIpc) is 2.83. The van der Waals surface area contributed by atoms with Crippen molar-refractivity contribution in [2.24, 2.45) is 0 Å². The number of nitrogens with zero attached hydrogens (tertiary/aromatic N) is 2. The van der Waals surface area contributed by atoms with E-state index in [1.165, 1.54) is 5.56 Å². The van der Waals surface area contributed by atoms with Crippen molar-refractivity contribution >= 4 is 11.6 Å². The standard InChI is InChI=1S/C15H20ClN3O/c1-3-17-9-14-8-15(20-18-14)11-19(2)10-12-5-4-6-13(16)7-12/h4-8,17H,3,9-11H2,1-2H3. The van der Waals surface area contributed by atoms with E-state index < -0.39 is 0 Å². The molecule has 1 aromatic carbocycles. The van der Waals surface area contributed by atoms with E-state index in [4.69, 9.17) is 16.1 Å². The molecule has 108 valence electrons. The molecule has 1 N–H and O–H groups in total. The van der Waals surface area contributed by atoms with E-state index in [0.717, 1.165) is 42.7 Å². The van der Waals surface area contributed by atoms with Crippen molar-refractivity contribution in [2.75, 3.05) is 13.6 Å². The van der Waals surface area contributed by atoms with Gasteiger partial charge < -0.3 is 9.84 Å². The SMILES string of the molecule is CCNCc1cc(CN(C)Cc2cccc(Cl)c2)on1. The fraction of sp³-hybridized carbons (Fsp3) is 0.400. The van der Waals surface area contributed by atoms with E-state index in [9.17, 15) is 0 Å². The molecule has 2 rings (SSSR count).